The van der Waals surface area contributed by atoms with E-state index in [1.165, 1.54) is 0 Å². The first kappa shape index (κ1) is 10.8. The van der Waals surface area contributed by atoms with E-state index in [0.29, 0.717) is 19.1 Å². The van der Waals surface area contributed by atoms with Crippen LogP contribution in [0.4, 0.5) is 4.39 Å². The Balaban J connectivity index is 2.80. The van der Waals surface area contributed by atoms with Crippen molar-refractivity contribution >= 4 is 0 Å². The Morgan fingerprint density at radius 2 is 2.09 bits per heavy atom. The minimum atomic E-state index is -0.301. The summed E-state index contributed by atoms with van der Waals surface area (Å²) >= 11 is 0. The lowest BCUT2D eigenvalue weighted by Gasteiger charge is -2.06. The molecule has 0 spiro atoms. The second-order valence-electron chi connectivity index (χ2n) is 2.91. The average Bonchev–Trinajstić information content (AvgIpc) is 1.96. The number of hydrogen-bond acceptors (Lipinski definition) is 2. The summed E-state index contributed by atoms with van der Waals surface area (Å²) in [6.45, 7) is 6.56. The van der Waals surface area contributed by atoms with Gasteiger partial charge in [0, 0.05) is 19.7 Å². The van der Waals surface area contributed by atoms with Gasteiger partial charge in [-0.1, -0.05) is 13.8 Å². The molecule has 0 saturated carbocycles. The Morgan fingerprint density at radius 3 is 2.64 bits per heavy atom. The summed E-state index contributed by atoms with van der Waals surface area (Å²) in [7, 11) is 0. The van der Waals surface area contributed by atoms with E-state index in [-0.39, 0.29) is 6.67 Å². The van der Waals surface area contributed by atoms with Gasteiger partial charge < -0.3 is 10.1 Å². The van der Waals surface area contributed by atoms with Crippen molar-refractivity contribution in [1.29, 1.82) is 0 Å². The van der Waals surface area contributed by atoms with E-state index in [1.807, 2.05) is 0 Å². The summed E-state index contributed by atoms with van der Waals surface area (Å²) in [5.74, 6) is 0.580. The van der Waals surface area contributed by atoms with Crippen LogP contribution in [-0.2, 0) is 4.74 Å². The first-order valence-electron chi connectivity index (χ1n) is 4.11. The Hall–Kier alpha value is -0.150. The molecular weight excluding hydrogens is 145 g/mol. The molecule has 2 nitrogen and oxygen atoms in total. The van der Waals surface area contributed by atoms with E-state index in [1.54, 1.807) is 0 Å². The molecule has 0 amide bonds. The molecule has 0 radical (unpaired) electrons. The summed E-state index contributed by atoms with van der Waals surface area (Å²) in [6, 6.07) is 0. The second kappa shape index (κ2) is 7.95. The van der Waals surface area contributed by atoms with Gasteiger partial charge in [-0.15, -0.1) is 0 Å². The molecular formula is C8H18FNO. The summed E-state index contributed by atoms with van der Waals surface area (Å²) < 4.78 is 16.8. The van der Waals surface area contributed by atoms with Crippen molar-refractivity contribution in [3.05, 3.63) is 0 Å². The SMILES string of the molecule is CC(C)COCCNCCF. The molecule has 1 N–H and O–H groups in total. The molecule has 0 aromatic carbocycles. The molecule has 0 rings (SSSR count). The number of halogens is 1. The van der Waals surface area contributed by atoms with Gasteiger partial charge in [0.15, 0.2) is 0 Å². The van der Waals surface area contributed by atoms with Gasteiger partial charge in [-0.2, -0.15) is 0 Å². The zero-order chi connectivity index (χ0) is 8.53. The third kappa shape index (κ3) is 9.85. The Labute approximate surface area is 68.1 Å². The molecule has 0 unspecified atom stereocenters. The van der Waals surface area contributed by atoms with Crippen LogP contribution in [0.15, 0.2) is 0 Å². The fourth-order valence-corrected chi connectivity index (χ4v) is 0.655. The Morgan fingerprint density at radius 1 is 1.36 bits per heavy atom. The van der Waals surface area contributed by atoms with Gasteiger partial charge >= 0.3 is 0 Å². The number of ether oxygens (including phenoxy) is 1. The highest BCUT2D eigenvalue weighted by Gasteiger charge is 1.92. The zero-order valence-electron chi connectivity index (χ0n) is 7.40. The van der Waals surface area contributed by atoms with Gasteiger partial charge in [0.2, 0.25) is 0 Å². The first-order chi connectivity index (χ1) is 5.27. The largest absolute Gasteiger partial charge is 0.380 e. The van der Waals surface area contributed by atoms with Crippen LogP contribution in [-0.4, -0.2) is 33.0 Å². The van der Waals surface area contributed by atoms with Gasteiger partial charge in [-0.25, -0.2) is 4.39 Å². The predicted molar refractivity (Wildman–Crippen MR) is 44.5 cm³/mol. The fraction of sp³-hybridized carbons (Fsp3) is 1.00. The maximum atomic E-state index is 11.5. The normalized spacial score (nSPS) is 10.9. The van der Waals surface area contributed by atoms with E-state index in [4.69, 9.17) is 4.74 Å². The van der Waals surface area contributed by atoms with Crippen LogP contribution in [0.2, 0.25) is 0 Å². The highest BCUT2D eigenvalue weighted by Crippen LogP contribution is 1.90. The third-order valence-corrected chi connectivity index (χ3v) is 1.15. The smallest absolute Gasteiger partial charge is 0.102 e. The predicted octanol–water partition coefficient (Wildman–Crippen LogP) is 1.22. The maximum Gasteiger partial charge on any atom is 0.102 e. The lowest BCUT2D eigenvalue weighted by atomic mass is 10.2. The molecule has 0 aliphatic heterocycles. The van der Waals surface area contributed by atoms with Crippen LogP contribution in [0.5, 0.6) is 0 Å². The lowest BCUT2D eigenvalue weighted by Crippen LogP contribution is -2.22. The van der Waals surface area contributed by atoms with Crippen molar-refractivity contribution < 1.29 is 9.13 Å². The third-order valence-electron chi connectivity index (χ3n) is 1.15. The van der Waals surface area contributed by atoms with Crippen molar-refractivity contribution in [2.24, 2.45) is 5.92 Å². The fourth-order valence-electron chi connectivity index (χ4n) is 0.655. The summed E-state index contributed by atoms with van der Waals surface area (Å²) in [5, 5.41) is 2.91. The summed E-state index contributed by atoms with van der Waals surface area (Å²) in [5.41, 5.74) is 0. The molecule has 11 heavy (non-hydrogen) atoms. The summed E-state index contributed by atoms with van der Waals surface area (Å²) in [6.07, 6.45) is 0. The van der Waals surface area contributed by atoms with E-state index in [0.717, 1.165) is 13.2 Å². The molecule has 0 saturated heterocycles. The van der Waals surface area contributed by atoms with Crippen LogP contribution >= 0.6 is 0 Å². The standard InChI is InChI=1S/C8H18FNO/c1-8(2)7-11-6-5-10-4-3-9/h8,10H,3-7H2,1-2H3. The van der Waals surface area contributed by atoms with Crippen molar-refractivity contribution in [2.75, 3.05) is 33.0 Å². The van der Waals surface area contributed by atoms with E-state index in [9.17, 15) is 4.39 Å². The Kier molecular flexibility index (Phi) is 7.84. The van der Waals surface area contributed by atoms with Crippen molar-refractivity contribution in [3.63, 3.8) is 0 Å². The van der Waals surface area contributed by atoms with Crippen molar-refractivity contribution in [3.8, 4) is 0 Å². The molecule has 68 valence electrons. The van der Waals surface area contributed by atoms with Crippen molar-refractivity contribution in [1.82, 2.24) is 5.32 Å². The first-order valence-corrected chi connectivity index (χ1v) is 4.11. The molecule has 0 atom stereocenters. The highest BCUT2D eigenvalue weighted by atomic mass is 19.1. The monoisotopic (exact) mass is 163 g/mol. The molecule has 0 heterocycles. The van der Waals surface area contributed by atoms with Crippen LogP contribution in [0.3, 0.4) is 0 Å². The molecule has 0 aliphatic rings. The lowest BCUT2D eigenvalue weighted by molar-refractivity contribution is 0.111. The van der Waals surface area contributed by atoms with Crippen LogP contribution < -0.4 is 5.32 Å². The van der Waals surface area contributed by atoms with Gasteiger partial charge in [0.25, 0.3) is 0 Å². The molecule has 0 aromatic rings. The number of hydrogen-bond donors (Lipinski definition) is 1. The quantitative estimate of drug-likeness (QED) is 0.570. The molecule has 0 bridgehead atoms. The highest BCUT2D eigenvalue weighted by molar-refractivity contribution is 4.45. The van der Waals surface area contributed by atoms with Crippen LogP contribution in [0, 0.1) is 5.92 Å². The van der Waals surface area contributed by atoms with E-state index < -0.39 is 0 Å². The van der Waals surface area contributed by atoms with Gasteiger partial charge in [0.05, 0.1) is 6.61 Å². The van der Waals surface area contributed by atoms with E-state index in [2.05, 4.69) is 19.2 Å². The zero-order valence-corrected chi connectivity index (χ0v) is 7.40. The number of alkyl halides is 1. The molecule has 0 aliphatic carbocycles. The van der Waals surface area contributed by atoms with Gasteiger partial charge in [0.1, 0.15) is 6.67 Å². The minimum Gasteiger partial charge on any atom is -0.380 e. The van der Waals surface area contributed by atoms with E-state index >= 15 is 0 Å². The van der Waals surface area contributed by atoms with Gasteiger partial charge in [-0.3, -0.25) is 0 Å². The molecule has 0 fully saturated rings. The topological polar surface area (TPSA) is 21.3 Å². The maximum absolute atomic E-state index is 11.5. The number of rotatable bonds is 7. The minimum absolute atomic E-state index is 0.301. The average molecular weight is 163 g/mol. The van der Waals surface area contributed by atoms with Crippen LogP contribution in [0.1, 0.15) is 13.8 Å². The molecule has 0 aromatic heterocycles. The second-order valence-corrected chi connectivity index (χ2v) is 2.91. The van der Waals surface area contributed by atoms with Gasteiger partial charge in [-0.05, 0) is 5.92 Å². The number of nitrogens with one attached hydrogen (secondary N) is 1. The van der Waals surface area contributed by atoms with Crippen LogP contribution in [0.25, 0.3) is 0 Å². The molecule has 3 heteroatoms. The Bertz CT molecular complexity index is 78.5. The summed E-state index contributed by atoms with van der Waals surface area (Å²) in [4.78, 5) is 0. The van der Waals surface area contributed by atoms with Crippen molar-refractivity contribution in [2.45, 2.75) is 13.8 Å².